The smallest absolute Gasteiger partial charge is 0.267 e. The summed E-state index contributed by atoms with van der Waals surface area (Å²) in [6.45, 7) is 2.97. The van der Waals surface area contributed by atoms with Crippen molar-refractivity contribution in [1.82, 2.24) is 14.3 Å². The quantitative estimate of drug-likeness (QED) is 0.257. The second-order valence-electron chi connectivity index (χ2n) is 8.05. The van der Waals surface area contributed by atoms with Crippen molar-refractivity contribution in [2.24, 2.45) is 0 Å². The van der Waals surface area contributed by atoms with Gasteiger partial charge in [-0.05, 0) is 36.6 Å². The number of ether oxygens (including phenoxy) is 1. The van der Waals surface area contributed by atoms with E-state index in [4.69, 9.17) is 17.0 Å². The van der Waals surface area contributed by atoms with Crippen molar-refractivity contribution < 1.29 is 14.6 Å². The van der Waals surface area contributed by atoms with Crippen molar-refractivity contribution in [1.29, 1.82) is 0 Å². The van der Waals surface area contributed by atoms with E-state index in [1.54, 1.807) is 19.4 Å². The Morgan fingerprint density at radius 1 is 1.23 bits per heavy atom. The standard InChI is InChI=1S/C25H26N4O4S2/c1-16-8-6-11-28-22(16)27-21(26-15-19(30)17-9-4-3-5-10-17)18(23(28)31)14-20-24(32)29(25(34)35-20)12-7-13-33-2/h3-6,8-11,14,19,26,30H,7,12-13,15H2,1-2H3/b20-14-/t19-/m1/s1. The Labute approximate surface area is 212 Å². The largest absolute Gasteiger partial charge is 0.387 e. The molecule has 4 rings (SSSR count). The van der Waals surface area contributed by atoms with Crippen molar-refractivity contribution in [2.45, 2.75) is 19.4 Å². The van der Waals surface area contributed by atoms with E-state index < -0.39 is 6.10 Å². The molecule has 1 amide bonds. The van der Waals surface area contributed by atoms with Gasteiger partial charge in [0.05, 0.1) is 16.6 Å². The molecule has 0 aliphatic carbocycles. The summed E-state index contributed by atoms with van der Waals surface area (Å²) in [5, 5.41) is 13.7. The van der Waals surface area contributed by atoms with Crippen LogP contribution in [0.5, 0.6) is 0 Å². The van der Waals surface area contributed by atoms with Crippen LogP contribution in [0.4, 0.5) is 5.82 Å². The number of aliphatic hydroxyl groups is 1. The van der Waals surface area contributed by atoms with Crippen LogP contribution in [0.3, 0.4) is 0 Å². The molecule has 3 aromatic rings. The van der Waals surface area contributed by atoms with E-state index in [1.165, 1.54) is 15.4 Å². The van der Waals surface area contributed by atoms with E-state index in [1.807, 2.05) is 43.3 Å². The van der Waals surface area contributed by atoms with E-state index in [0.29, 0.717) is 40.3 Å². The number of carbonyl (C=O) groups excluding carboxylic acids is 1. The van der Waals surface area contributed by atoms with Gasteiger partial charge in [-0.2, -0.15) is 0 Å². The van der Waals surface area contributed by atoms with Crippen LogP contribution in [-0.4, -0.2) is 56.4 Å². The number of hydrogen-bond acceptors (Lipinski definition) is 8. The van der Waals surface area contributed by atoms with Crippen LogP contribution in [0.2, 0.25) is 0 Å². The van der Waals surface area contributed by atoms with Crippen molar-refractivity contribution in [3.05, 3.63) is 80.6 Å². The number of anilines is 1. The molecule has 2 aromatic heterocycles. The van der Waals surface area contributed by atoms with Crippen molar-refractivity contribution in [2.75, 3.05) is 32.1 Å². The first-order valence-corrected chi connectivity index (χ1v) is 12.4. The van der Waals surface area contributed by atoms with Gasteiger partial charge in [-0.25, -0.2) is 4.98 Å². The van der Waals surface area contributed by atoms with Gasteiger partial charge in [0.1, 0.15) is 15.8 Å². The number of amides is 1. The number of methoxy groups -OCH3 is 1. The molecule has 0 saturated carbocycles. The van der Waals surface area contributed by atoms with E-state index in [0.717, 1.165) is 22.9 Å². The Balaban J connectivity index is 1.71. The normalized spacial score (nSPS) is 15.9. The highest BCUT2D eigenvalue weighted by Crippen LogP contribution is 2.33. The van der Waals surface area contributed by atoms with E-state index in [-0.39, 0.29) is 23.6 Å². The van der Waals surface area contributed by atoms with Crippen molar-refractivity contribution >= 4 is 51.7 Å². The third-order valence-corrected chi connectivity index (χ3v) is 6.99. The van der Waals surface area contributed by atoms with Gasteiger partial charge in [0.15, 0.2) is 0 Å². The topological polar surface area (TPSA) is 96.2 Å². The number of thioether (sulfide) groups is 1. The van der Waals surface area contributed by atoms with Crippen LogP contribution in [0, 0.1) is 6.92 Å². The molecule has 1 aliphatic rings. The summed E-state index contributed by atoms with van der Waals surface area (Å²) in [5.41, 5.74) is 1.98. The zero-order chi connectivity index (χ0) is 24.9. The fourth-order valence-corrected chi connectivity index (χ4v) is 5.04. The molecular weight excluding hydrogens is 484 g/mol. The highest BCUT2D eigenvalue weighted by molar-refractivity contribution is 8.26. The first-order chi connectivity index (χ1) is 16.9. The van der Waals surface area contributed by atoms with E-state index in [2.05, 4.69) is 10.3 Å². The van der Waals surface area contributed by atoms with Crippen LogP contribution in [0.25, 0.3) is 11.7 Å². The van der Waals surface area contributed by atoms with Gasteiger partial charge in [0, 0.05) is 33.0 Å². The van der Waals surface area contributed by atoms with Crippen LogP contribution in [-0.2, 0) is 9.53 Å². The lowest BCUT2D eigenvalue weighted by Gasteiger charge is -2.16. The number of fused-ring (bicyclic) bond motifs is 1. The summed E-state index contributed by atoms with van der Waals surface area (Å²) < 4.78 is 6.97. The molecule has 1 atom stereocenters. The highest BCUT2D eigenvalue weighted by atomic mass is 32.2. The van der Waals surface area contributed by atoms with E-state index >= 15 is 0 Å². The minimum Gasteiger partial charge on any atom is -0.387 e. The van der Waals surface area contributed by atoms with Gasteiger partial charge in [-0.3, -0.25) is 18.9 Å². The molecule has 1 aromatic carbocycles. The average molecular weight is 511 g/mol. The number of benzene rings is 1. The summed E-state index contributed by atoms with van der Waals surface area (Å²) in [5.74, 6) is 0.0454. The summed E-state index contributed by atoms with van der Waals surface area (Å²) in [4.78, 5) is 33.1. The molecule has 1 fully saturated rings. The maximum Gasteiger partial charge on any atom is 0.267 e. The number of hydrogen-bond donors (Lipinski definition) is 2. The first kappa shape index (κ1) is 25.1. The lowest BCUT2D eigenvalue weighted by atomic mass is 10.1. The Kier molecular flexibility index (Phi) is 7.97. The molecule has 8 nitrogen and oxygen atoms in total. The number of nitrogens with one attached hydrogen (secondary N) is 1. The molecule has 35 heavy (non-hydrogen) atoms. The van der Waals surface area contributed by atoms with Crippen LogP contribution < -0.4 is 10.9 Å². The molecular formula is C25H26N4O4S2. The summed E-state index contributed by atoms with van der Waals surface area (Å²) in [7, 11) is 1.61. The number of nitrogens with zero attached hydrogens (tertiary/aromatic N) is 3. The van der Waals surface area contributed by atoms with Gasteiger partial charge in [0.25, 0.3) is 11.5 Å². The molecule has 182 valence electrons. The molecule has 0 radical (unpaired) electrons. The monoisotopic (exact) mass is 510 g/mol. The molecule has 10 heteroatoms. The molecule has 0 bridgehead atoms. The lowest BCUT2D eigenvalue weighted by Crippen LogP contribution is -2.29. The van der Waals surface area contributed by atoms with Crippen molar-refractivity contribution in [3.63, 3.8) is 0 Å². The van der Waals surface area contributed by atoms with Crippen LogP contribution in [0.15, 0.2) is 58.4 Å². The van der Waals surface area contributed by atoms with E-state index in [9.17, 15) is 14.7 Å². The molecule has 1 aliphatic heterocycles. The number of pyridine rings is 1. The minimum atomic E-state index is -0.805. The zero-order valence-corrected chi connectivity index (χ0v) is 21.1. The van der Waals surface area contributed by atoms with Crippen molar-refractivity contribution in [3.8, 4) is 0 Å². The Hall–Kier alpha value is -3.05. The number of aryl methyl sites for hydroxylation is 1. The number of carbonyl (C=O) groups is 1. The average Bonchev–Trinajstić information content (AvgIpc) is 3.13. The minimum absolute atomic E-state index is 0.136. The fraction of sp³-hybridized carbons (Fsp3) is 0.280. The number of aliphatic hydroxyl groups excluding tert-OH is 1. The number of thiocarbonyl (C=S) groups is 1. The summed E-state index contributed by atoms with van der Waals surface area (Å²) in [6.07, 6.45) is 3.03. The van der Waals surface area contributed by atoms with Gasteiger partial charge in [-0.15, -0.1) is 0 Å². The lowest BCUT2D eigenvalue weighted by molar-refractivity contribution is -0.122. The van der Waals surface area contributed by atoms with Gasteiger partial charge >= 0.3 is 0 Å². The zero-order valence-electron chi connectivity index (χ0n) is 19.4. The second kappa shape index (κ2) is 11.1. The number of aromatic nitrogens is 2. The van der Waals surface area contributed by atoms with Gasteiger partial charge < -0.3 is 15.2 Å². The number of rotatable bonds is 9. The van der Waals surface area contributed by atoms with Gasteiger partial charge in [0.2, 0.25) is 0 Å². The fourth-order valence-electron chi connectivity index (χ4n) is 3.75. The molecule has 1 saturated heterocycles. The molecule has 3 heterocycles. The molecule has 0 unspecified atom stereocenters. The third-order valence-electron chi connectivity index (χ3n) is 5.61. The predicted molar refractivity (Wildman–Crippen MR) is 142 cm³/mol. The highest BCUT2D eigenvalue weighted by Gasteiger charge is 2.32. The maximum absolute atomic E-state index is 13.5. The maximum atomic E-state index is 13.5. The predicted octanol–water partition coefficient (Wildman–Crippen LogP) is 3.39. The Morgan fingerprint density at radius 3 is 2.74 bits per heavy atom. The van der Waals surface area contributed by atoms with Crippen LogP contribution >= 0.6 is 24.0 Å². The Bertz CT molecular complexity index is 1340. The van der Waals surface area contributed by atoms with Crippen LogP contribution in [0.1, 0.15) is 29.2 Å². The molecule has 2 N–H and O–H groups in total. The third kappa shape index (κ3) is 5.46. The SMILES string of the molecule is COCCCN1C(=O)/C(=C/c2c(NC[C@@H](O)c3ccccc3)nc3c(C)cccn3c2=O)SC1=S. The first-order valence-electron chi connectivity index (χ1n) is 11.1. The Morgan fingerprint density at radius 2 is 2.00 bits per heavy atom. The van der Waals surface area contributed by atoms with Gasteiger partial charge in [-0.1, -0.05) is 60.4 Å². The second-order valence-corrected chi connectivity index (χ2v) is 9.73. The molecule has 0 spiro atoms. The summed E-state index contributed by atoms with van der Waals surface area (Å²) >= 11 is 6.56. The summed E-state index contributed by atoms with van der Waals surface area (Å²) in [6, 6.07) is 12.9.